The first kappa shape index (κ1) is 16.2. The summed E-state index contributed by atoms with van der Waals surface area (Å²) in [5.41, 5.74) is 4.06. The lowest BCUT2D eigenvalue weighted by molar-refractivity contribution is -0.137. The topological polar surface area (TPSA) is 46.2 Å². The van der Waals surface area contributed by atoms with Gasteiger partial charge in [-0.05, 0) is 18.1 Å². The Labute approximate surface area is 113 Å². The van der Waals surface area contributed by atoms with Crippen molar-refractivity contribution in [1.82, 2.24) is 0 Å². The minimum absolute atomic E-state index is 0.331. The van der Waals surface area contributed by atoms with Gasteiger partial charge in [0.05, 0.1) is 22.7 Å². The van der Waals surface area contributed by atoms with Crippen molar-refractivity contribution in [2.45, 2.75) is 32.2 Å². The van der Waals surface area contributed by atoms with Crippen molar-refractivity contribution in [3.63, 3.8) is 0 Å². The van der Waals surface area contributed by atoms with Crippen molar-refractivity contribution in [3.8, 4) is 0 Å². The molecule has 0 aliphatic rings. The summed E-state index contributed by atoms with van der Waals surface area (Å²) in [7, 11) is 0. The maximum atomic E-state index is 13.8. The number of benzene rings is 1. The third-order valence-electron chi connectivity index (χ3n) is 2.79. The first-order chi connectivity index (χ1) is 8.55. The van der Waals surface area contributed by atoms with Gasteiger partial charge in [0, 0.05) is 5.56 Å². The molecule has 0 radical (unpaired) electrons. The highest BCUT2D eigenvalue weighted by molar-refractivity contribution is 6.30. The fourth-order valence-electron chi connectivity index (χ4n) is 1.62. The molecule has 1 aromatic carbocycles. The molecular formula is C12H14ClF4NO. The van der Waals surface area contributed by atoms with Crippen molar-refractivity contribution >= 4 is 11.6 Å². The van der Waals surface area contributed by atoms with Crippen molar-refractivity contribution in [3.05, 3.63) is 34.1 Å². The molecule has 0 spiro atoms. The van der Waals surface area contributed by atoms with E-state index in [1.807, 2.05) is 0 Å². The maximum Gasteiger partial charge on any atom is 0.416 e. The van der Waals surface area contributed by atoms with Crippen LogP contribution in [0.25, 0.3) is 0 Å². The largest absolute Gasteiger partial charge is 0.416 e. The van der Waals surface area contributed by atoms with Gasteiger partial charge in [0.15, 0.2) is 0 Å². The van der Waals surface area contributed by atoms with E-state index in [1.165, 1.54) is 0 Å². The predicted octanol–water partition coefficient (Wildman–Crippen LogP) is 3.51. The second-order valence-corrected chi connectivity index (χ2v) is 5.03. The molecule has 2 atom stereocenters. The summed E-state index contributed by atoms with van der Waals surface area (Å²) in [5, 5.41) is 9.07. The van der Waals surface area contributed by atoms with Crippen LogP contribution in [-0.2, 0) is 6.18 Å². The Morgan fingerprint density at radius 3 is 2.21 bits per heavy atom. The summed E-state index contributed by atoms with van der Waals surface area (Å²) in [4.78, 5) is 0. The minimum atomic E-state index is -4.66. The van der Waals surface area contributed by atoms with Gasteiger partial charge < -0.3 is 10.8 Å². The maximum absolute atomic E-state index is 13.8. The number of aliphatic hydroxyl groups excluding tert-OH is 1. The summed E-state index contributed by atoms with van der Waals surface area (Å²) in [6.07, 6.45) is -5.83. The molecule has 0 aromatic heterocycles. The fourth-order valence-corrected chi connectivity index (χ4v) is 1.84. The lowest BCUT2D eigenvalue weighted by Crippen LogP contribution is -2.31. The van der Waals surface area contributed by atoms with E-state index in [1.54, 1.807) is 13.8 Å². The minimum Gasteiger partial charge on any atom is -0.391 e. The number of aliphatic hydroxyl groups is 1. The van der Waals surface area contributed by atoms with Gasteiger partial charge in [-0.25, -0.2) is 4.39 Å². The molecule has 7 heteroatoms. The summed E-state index contributed by atoms with van der Waals surface area (Å²) in [6.45, 7) is 3.25. The van der Waals surface area contributed by atoms with Gasteiger partial charge in [-0.2, -0.15) is 13.2 Å². The standard InChI is InChI=1S/C12H14ClF4NO/c1-5(2)11(19)10(18)7-3-6(12(15,16)17)4-8(13)9(7)14/h3-5,10-11,19H,18H2,1-2H3/t10-,11+/m0/s1. The monoisotopic (exact) mass is 299 g/mol. The molecule has 0 heterocycles. The number of alkyl halides is 3. The Morgan fingerprint density at radius 2 is 1.79 bits per heavy atom. The molecule has 0 unspecified atom stereocenters. The third kappa shape index (κ3) is 3.58. The molecule has 19 heavy (non-hydrogen) atoms. The van der Waals surface area contributed by atoms with Crippen molar-refractivity contribution in [2.75, 3.05) is 0 Å². The number of nitrogens with two attached hydrogens (primary N) is 1. The Bertz CT molecular complexity index is 462. The van der Waals surface area contributed by atoms with Crippen molar-refractivity contribution < 1.29 is 22.7 Å². The lowest BCUT2D eigenvalue weighted by atomic mass is 9.93. The summed E-state index contributed by atoms with van der Waals surface area (Å²) in [6, 6.07) is -0.202. The second kappa shape index (κ2) is 5.64. The predicted molar refractivity (Wildman–Crippen MR) is 64.2 cm³/mol. The van der Waals surface area contributed by atoms with Crippen LogP contribution in [0.5, 0.6) is 0 Å². The van der Waals surface area contributed by atoms with Gasteiger partial charge in [0.2, 0.25) is 0 Å². The second-order valence-electron chi connectivity index (χ2n) is 4.62. The highest BCUT2D eigenvalue weighted by atomic mass is 35.5. The highest BCUT2D eigenvalue weighted by Crippen LogP contribution is 2.35. The van der Waals surface area contributed by atoms with Gasteiger partial charge in [-0.3, -0.25) is 0 Å². The van der Waals surface area contributed by atoms with Gasteiger partial charge in [0.25, 0.3) is 0 Å². The number of rotatable bonds is 3. The van der Waals surface area contributed by atoms with Gasteiger partial charge in [0.1, 0.15) is 5.82 Å². The number of hydrogen-bond donors (Lipinski definition) is 2. The zero-order valence-electron chi connectivity index (χ0n) is 10.3. The average molecular weight is 300 g/mol. The highest BCUT2D eigenvalue weighted by Gasteiger charge is 2.34. The zero-order chi connectivity index (χ0) is 15.0. The van der Waals surface area contributed by atoms with E-state index in [0.29, 0.717) is 12.1 Å². The molecular weight excluding hydrogens is 286 g/mol. The van der Waals surface area contributed by atoms with Crippen LogP contribution in [0.4, 0.5) is 17.6 Å². The van der Waals surface area contributed by atoms with E-state index in [2.05, 4.69) is 0 Å². The fraction of sp³-hybridized carbons (Fsp3) is 0.500. The van der Waals surface area contributed by atoms with Crippen LogP contribution >= 0.6 is 11.6 Å². The van der Waals surface area contributed by atoms with E-state index in [4.69, 9.17) is 17.3 Å². The van der Waals surface area contributed by atoms with Gasteiger partial charge >= 0.3 is 6.18 Å². The molecule has 0 saturated carbocycles. The normalized spacial score (nSPS) is 15.7. The molecule has 1 rings (SSSR count). The van der Waals surface area contributed by atoms with E-state index < -0.39 is 40.3 Å². The van der Waals surface area contributed by atoms with E-state index >= 15 is 0 Å². The molecule has 0 bridgehead atoms. The van der Waals surface area contributed by atoms with Crippen LogP contribution in [0.1, 0.15) is 31.0 Å². The molecule has 1 aromatic rings. The lowest BCUT2D eigenvalue weighted by Gasteiger charge is -2.24. The van der Waals surface area contributed by atoms with E-state index in [-0.39, 0.29) is 5.92 Å². The number of halogens is 5. The number of hydrogen-bond acceptors (Lipinski definition) is 2. The summed E-state index contributed by atoms with van der Waals surface area (Å²) in [5.74, 6) is -1.37. The molecule has 0 fully saturated rings. The Hall–Kier alpha value is -0.850. The molecule has 108 valence electrons. The molecule has 0 aliphatic carbocycles. The van der Waals surface area contributed by atoms with Crippen LogP contribution in [0.15, 0.2) is 12.1 Å². The average Bonchev–Trinajstić information content (AvgIpc) is 2.29. The van der Waals surface area contributed by atoms with Crippen molar-refractivity contribution in [1.29, 1.82) is 0 Å². The Morgan fingerprint density at radius 1 is 1.26 bits per heavy atom. The Balaban J connectivity index is 3.31. The molecule has 0 saturated heterocycles. The summed E-state index contributed by atoms with van der Waals surface area (Å²) < 4.78 is 51.6. The molecule has 2 nitrogen and oxygen atoms in total. The first-order valence-corrected chi connectivity index (χ1v) is 5.93. The zero-order valence-corrected chi connectivity index (χ0v) is 11.1. The van der Waals surface area contributed by atoms with Crippen LogP contribution in [0, 0.1) is 11.7 Å². The van der Waals surface area contributed by atoms with Crippen LogP contribution < -0.4 is 5.73 Å². The van der Waals surface area contributed by atoms with E-state index in [9.17, 15) is 22.7 Å². The third-order valence-corrected chi connectivity index (χ3v) is 3.07. The molecule has 3 N–H and O–H groups in total. The van der Waals surface area contributed by atoms with Gasteiger partial charge in [-0.15, -0.1) is 0 Å². The molecule has 0 amide bonds. The van der Waals surface area contributed by atoms with Gasteiger partial charge in [-0.1, -0.05) is 25.4 Å². The molecule has 0 aliphatic heterocycles. The van der Waals surface area contributed by atoms with E-state index in [0.717, 1.165) is 0 Å². The quantitative estimate of drug-likeness (QED) is 0.839. The SMILES string of the molecule is CC(C)[C@@H](O)[C@@H](N)c1cc(C(F)(F)F)cc(Cl)c1F. The summed E-state index contributed by atoms with van der Waals surface area (Å²) >= 11 is 5.44. The first-order valence-electron chi connectivity index (χ1n) is 5.55. The van der Waals surface area contributed by atoms with Crippen LogP contribution in [-0.4, -0.2) is 11.2 Å². The van der Waals surface area contributed by atoms with Crippen LogP contribution in [0.2, 0.25) is 5.02 Å². The van der Waals surface area contributed by atoms with Crippen LogP contribution in [0.3, 0.4) is 0 Å². The smallest absolute Gasteiger partial charge is 0.391 e. The Kier molecular flexibility index (Phi) is 4.81. The van der Waals surface area contributed by atoms with Crippen molar-refractivity contribution in [2.24, 2.45) is 11.7 Å².